The van der Waals surface area contributed by atoms with Crippen LogP contribution in [-0.4, -0.2) is 39.2 Å². The van der Waals surface area contributed by atoms with Crippen molar-refractivity contribution in [3.63, 3.8) is 0 Å². The first-order chi connectivity index (χ1) is 10.1. The van der Waals surface area contributed by atoms with Crippen LogP contribution >= 0.6 is 0 Å². The molecule has 1 aliphatic heterocycles. The van der Waals surface area contributed by atoms with Crippen LogP contribution in [-0.2, 0) is 23.7 Å². The van der Waals surface area contributed by atoms with Crippen LogP contribution < -0.4 is 0 Å². The first-order valence-corrected chi connectivity index (χ1v) is 7.42. The Morgan fingerprint density at radius 3 is 2.57 bits per heavy atom. The van der Waals surface area contributed by atoms with Crippen molar-refractivity contribution in [2.75, 3.05) is 27.4 Å². The summed E-state index contributed by atoms with van der Waals surface area (Å²) in [6.45, 7) is 3.34. The van der Waals surface area contributed by atoms with Gasteiger partial charge in [-0.25, -0.2) is 4.79 Å². The molecule has 0 saturated carbocycles. The van der Waals surface area contributed by atoms with Gasteiger partial charge in [0.25, 0.3) is 0 Å². The summed E-state index contributed by atoms with van der Waals surface area (Å²) in [5.41, 5.74) is 1.16. The molecule has 0 aromatic carbocycles. The van der Waals surface area contributed by atoms with Crippen LogP contribution in [0, 0.1) is 5.41 Å². The quantitative estimate of drug-likeness (QED) is 0.732. The molecule has 116 valence electrons. The number of esters is 1. The van der Waals surface area contributed by atoms with E-state index in [1.165, 1.54) is 7.11 Å². The van der Waals surface area contributed by atoms with E-state index >= 15 is 0 Å². The number of fused-ring (bicyclic) bond motifs is 2. The molecule has 5 heteroatoms. The van der Waals surface area contributed by atoms with Crippen LogP contribution in [0.5, 0.6) is 0 Å². The maximum Gasteiger partial charge on any atom is 0.341 e. The molecule has 0 amide bonds. The van der Waals surface area contributed by atoms with E-state index in [1.54, 1.807) is 7.11 Å². The van der Waals surface area contributed by atoms with E-state index in [4.69, 9.17) is 18.9 Å². The summed E-state index contributed by atoms with van der Waals surface area (Å²) in [5.74, 6) is -0.269. The lowest BCUT2D eigenvalue weighted by Crippen LogP contribution is -2.52. The standard InChI is InChI=1S/C16H22O5/c1-15-8-6-12(18-2)13(14(17)19-3)11(15)5-4-7-16(15)20-9-10-21-16/h5H,4,6-10H2,1-3H3/t15-/m0/s1. The zero-order valence-corrected chi connectivity index (χ0v) is 12.9. The molecule has 5 nitrogen and oxygen atoms in total. The van der Waals surface area contributed by atoms with Crippen LogP contribution in [0.2, 0.25) is 0 Å². The Morgan fingerprint density at radius 2 is 1.95 bits per heavy atom. The maximum absolute atomic E-state index is 12.3. The molecule has 21 heavy (non-hydrogen) atoms. The monoisotopic (exact) mass is 294 g/mol. The molecule has 3 rings (SSSR count). The van der Waals surface area contributed by atoms with Crippen molar-refractivity contribution in [2.24, 2.45) is 5.41 Å². The zero-order chi connectivity index (χ0) is 15.1. The van der Waals surface area contributed by atoms with E-state index in [1.807, 2.05) is 0 Å². The third-order valence-electron chi connectivity index (χ3n) is 5.05. The summed E-state index contributed by atoms with van der Waals surface area (Å²) in [6.07, 6.45) is 5.28. The highest BCUT2D eigenvalue weighted by Gasteiger charge is 2.58. The minimum atomic E-state index is -0.615. The highest BCUT2D eigenvalue weighted by atomic mass is 16.7. The first-order valence-electron chi connectivity index (χ1n) is 7.42. The van der Waals surface area contributed by atoms with Gasteiger partial charge < -0.3 is 18.9 Å². The van der Waals surface area contributed by atoms with Gasteiger partial charge in [0.05, 0.1) is 27.4 Å². The van der Waals surface area contributed by atoms with Crippen molar-refractivity contribution in [1.29, 1.82) is 0 Å². The highest BCUT2D eigenvalue weighted by molar-refractivity contribution is 5.95. The van der Waals surface area contributed by atoms with Gasteiger partial charge in [0.2, 0.25) is 0 Å². The second kappa shape index (κ2) is 5.14. The van der Waals surface area contributed by atoms with Gasteiger partial charge in [0.1, 0.15) is 11.3 Å². The Kier molecular flexibility index (Phi) is 3.58. The van der Waals surface area contributed by atoms with E-state index in [0.29, 0.717) is 31.0 Å². The number of methoxy groups -OCH3 is 2. The van der Waals surface area contributed by atoms with Crippen molar-refractivity contribution < 1.29 is 23.7 Å². The van der Waals surface area contributed by atoms with Gasteiger partial charge in [-0.05, 0) is 18.4 Å². The van der Waals surface area contributed by atoms with Crippen LogP contribution in [0.3, 0.4) is 0 Å². The second-order valence-corrected chi connectivity index (χ2v) is 5.93. The number of hydrogen-bond acceptors (Lipinski definition) is 5. The lowest BCUT2D eigenvalue weighted by atomic mass is 9.61. The molecule has 0 N–H and O–H groups in total. The average Bonchev–Trinajstić information content (AvgIpc) is 2.97. The van der Waals surface area contributed by atoms with E-state index in [9.17, 15) is 4.79 Å². The Hall–Kier alpha value is -1.33. The summed E-state index contributed by atoms with van der Waals surface area (Å²) >= 11 is 0. The molecule has 0 bridgehead atoms. The lowest BCUT2D eigenvalue weighted by molar-refractivity contribution is -0.231. The molecule has 0 radical (unpaired) electrons. The average molecular weight is 294 g/mol. The van der Waals surface area contributed by atoms with Gasteiger partial charge in [0, 0.05) is 18.3 Å². The predicted octanol–water partition coefficient (Wildman–Crippen LogP) is 2.32. The van der Waals surface area contributed by atoms with Crippen LogP contribution in [0.1, 0.15) is 32.6 Å². The molecule has 0 aromatic rings. The summed E-state index contributed by atoms with van der Waals surface area (Å²) in [7, 11) is 3.00. The fraction of sp³-hybridized carbons (Fsp3) is 0.688. The summed E-state index contributed by atoms with van der Waals surface area (Å²) in [5, 5.41) is 0. The zero-order valence-electron chi connectivity index (χ0n) is 12.9. The molecule has 3 aliphatic rings. The summed E-state index contributed by atoms with van der Waals surface area (Å²) in [6, 6.07) is 0. The summed E-state index contributed by atoms with van der Waals surface area (Å²) in [4.78, 5) is 12.3. The van der Waals surface area contributed by atoms with Gasteiger partial charge in [-0.1, -0.05) is 13.0 Å². The SMILES string of the molecule is COC(=O)C1=C(OC)CC[C@@]2(C)C1=CCCC21OCCO1. The fourth-order valence-electron chi connectivity index (χ4n) is 3.90. The number of ether oxygens (including phenoxy) is 4. The smallest absolute Gasteiger partial charge is 0.341 e. The normalized spacial score (nSPS) is 30.9. The van der Waals surface area contributed by atoms with Crippen LogP contribution in [0.25, 0.3) is 0 Å². The predicted molar refractivity (Wildman–Crippen MR) is 75.3 cm³/mol. The molecule has 1 saturated heterocycles. The second-order valence-electron chi connectivity index (χ2n) is 5.93. The Labute approximate surface area is 124 Å². The number of rotatable bonds is 2. The molecule has 2 aliphatic carbocycles. The van der Waals surface area contributed by atoms with E-state index in [-0.39, 0.29) is 11.4 Å². The molecule has 0 unspecified atom stereocenters. The van der Waals surface area contributed by atoms with Crippen LogP contribution in [0.15, 0.2) is 23.0 Å². The number of hydrogen-bond donors (Lipinski definition) is 0. The van der Waals surface area contributed by atoms with Crippen molar-refractivity contribution in [3.05, 3.63) is 23.0 Å². The number of carbonyl (C=O) groups is 1. The molecular weight excluding hydrogens is 272 g/mol. The number of allylic oxidation sites excluding steroid dienone is 2. The van der Waals surface area contributed by atoms with Crippen LogP contribution in [0.4, 0.5) is 0 Å². The largest absolute Gasteiger partial charge is 0.500 e. The minimum absolute atomic E-state index is 0.340. The first kappa shape index (κ1) is 14.6. The molecule has 0 aromatic heterocycles. The molecule has 1 heterocycles. The van der Waals surface area contributed by atoms with Crippen molar-refractivity contribution in [3.8, 4) is 0 Å². The van der Waals surface area contributed by atoms with Crippen molar-refractivity contribution >= 4 is 5.97 Å². The van der Waals surface area contributed by atoms with E-state index in [2.05, 4.69) is 13.0 Å². The van der Waals surface area contributed by atoms with Crippen molar-refractivity contribution in [2.45, 2.75) is 38.4 Å². The lowest BCUT2D eigenvalue weighted by Gasteiger charge is -2.50. The Morgan fingerprint density at radius 1 is 1.24 bits per heavy atom. The topological polar surface area (TPSA) is 54.0 Å². The minimum Gasteiger partial charge on any atom is -0.500 e. The Bertz CT molecular complexity index is 513. The highest BCUT2D eigenvalue weighted by Crippen LogP contribution is 2.57. The van der Waals surface area contributed by atoms with Gasteiger partial charge in [-0.2, -0.15) is 0 Å². The maximum atomic E-state index is 12.3. The van der Waals surface area contributed by atoms with Gasteiger partial charge in [0.15, 0.2) is 5.79 Å². The molecular formula is C16H22O5. The van der Waals surface area contributed by atoms with Gasteiger partial charge in [-0.3, -0.25) is 0 Å². The molecule has 1 spiro atoms. The third kappa shape index (κ3) is 1.94. The summed E-state index contributed by atoms with van der Waals surface area (Å²) < 4.78 is 22.4. The Balaban J connectivity index is 2.10. The molecule has 1 fully saturated rings. The van der Waals surface area contributed by atoms with Crippen molar-refractivity contribution in [1.82, 2.24) is 0 Å². The van der Waals surface area contributed by atoms with Gasteiger partial charge >= 0.3 is 5.97 Å². The fourth-order valence-corrected chi connectivity index (χ4v) is 3.90. The molecule has 1 atom stereocenters. The number of carbonyl (C=O) groups excluding carboxylic acids is 1. The van der Waals surface area contributed by atoms with E-state index < -0.39 is 5.79 Å². The van der Waals surface area contributed by atoms with E-state index in [0.717, 1.165) is 24.8 Å². The van der Waals surface area contributed by atoms with Gasteiger partial charge in [-0.15, -0.1) is 0 Å². The third-order valence-corrected chi connectivity index (χ3v) is 5.05.